The van der Waals surface area contributed by atoms with Crippen molar-refractivity contribution in [1.29, 1.82) is 0 Å². The van der Waals surface area contributed by atoms with Crippen molar-refractivity contribution in [2.24, 2.45) is 5.92 Å². The zero-order valence-electron chi connectivity index (χ0n) is 14.6. The van der Waals surface area contributed by atoms with Crippen molar-refractivity contribution >= 4 is 16.9 Å². The highest BCUT2D eigenvalue weighted by Gasteiger charge is 2.31. The van der Waals surface area contributed by atoms with Crippen molar-refractivity contribution in [3.63, 3.8) is 0 Å². The summed E-state index contributed by atoms with van der Waals surface area (Å²) in [6.07, 6.45) is 3.51. The second-order valence-corrected chi connectivity index (χ2v) is 6.90. The summed E-state index contributed by atoms with van der Waals surface area (Å²) in [5.41, 5.74) is 3.35. The van der Waals surface area contributed by atoms with Crippen LogP contribution in [0.2, 0.25) is 0 Å². The number of fused-ring (bicyclic) bond motifs is 1. The number of nitrogens with zero attached hydrogens (tertiary/aromatic N) is 2. The Morgan fingerprint density at radius 1 is 1.08 bits per heavy atom. The van der Waals surface area contributed by atoms with E-state index < -0.39 is 5.97 Å². The number of aliphatic carboxylic acids is 1. The molecule has 4 heteroatoms. The standard InChI is InChI=1S/C22H22N2O2/c25-22(26)17-9-6-14-24(15-17)21(16-7-2-1-3-8-16)19-12-13-23-20-11-5-4-10-18(19)20/h1-5,7-8,10-13,17,21H,6,9,14-15H2,(H,25,26). The lowest BCUT2D eigenvalue weighted by atomic mass is 9.90. The third kappa shape index (κ3) is 3.20. The molecule has 1 aliphatic rings. The molecule has 0 amide bonds. The number of aromatic nitrogens is 1. The molecular weight excluding hydrogens is 324 g/mol. The third-order valence-corrected chi connectivity index (χ3v) is 5.26. The average Bonchev–Trinajstić information content (AvgIpc) is 2.69. The second kappa shape index (κ2) is 7.26. The van der Waals surface area contributed by atoms with Crippen LogP contribution in [0.25, 0.3) is 10.9 Å². The van der Waals surface area contributed by atoms with Crippen LogP contribution >= 0.6 is 0 Å². The summed E-state index contributed by atoms with van der Waals surface area (Å²) in [7, 11) is 0. The number of benzene rings is 2. The Morgan fingerprint density at radius 3 is 2.65 bits per heavy atom. The van der Waals surface area contributed by atoms with Gasteiger partial charge in [-0.3, -0.25) is 14.7 Å². The fraction of sp³-hybridized carbons (Fsp3) is 0.273. The van der Waals surface area contributed by atoms with Gasteiger partial charge in [0.25, 0.3) is 0 Å². The lowest BCUT2D eigenvalue weighted by molar-refractivity contribution is -0.143. The van der Waals surface area contributed by atoms with Crippen LogP contribution < -0.4 is 0 Å². The molecule has 1 saturated heterocycles. The SMILES string of the molecule is O=C(O)C1CCCN(C(c2ccccc2)c2ccnc3ccccc23)C1. The number of carboxylic acid groups (broad SMARTS) is 1. The summed E-state index contributed by atoms with van der Waals surface area (Å²) in [5.74, 6) is -0.996. The van der Waals surface area contributed by atoms with Gasteiger partial charge < -0.3 is 5.11 Å². The summed E-state index contributed by atoms with van der Waals surface area (Å²) in [4.78, 5) is 18.4. The molecule has 1 N–H and O–H groups in total. The maximum absolute atomic E-state index is 11.6. The van der Waals surface area contributed by atoms with E-state index in [0.29, 0.717) is 6.54 Å². The predicted molar refractivity (Wildman–Crippen MR) is 102 cm³/mol. The Kier molecular flexibility index (Phi) is 4.67. The van der Waals surface area contributed by atoms with Crippen LogP contribution in [-0.4, -0.2) is 34.0 Å². The largest absolute Gasteiger partial charge is 0.481 e. The first-order chi connectivity index (χ1) is 12.7. The van der Waals surface area contributed by atoms with Gasteiger partial charge in [0.1, 0.15) is 0 Å². The van der Waals surface area contributed by atoms with Crippen molar-refractivity contribution < 1.29 is 9.90 Å². The van der Waals surface area contributed by atoms with Gasteiger partial charge in [0, 0.05) is 18.1 Å². The van der Waals surface area contributed by atoms with E-state index in [1.54, 1.807) is 0 Å². The molecule has 0 radical (unpaired) electrons. The molecule has 4 nitrogen and oxygen atoms in total. The molecule has 4 rings (SSSR count). The molecule has 26 heavy (non-hydrogen) atoms. The fourth-order valence-electron chi connectivity index (χ4n) is 4.02. The van der Waals surface area contributed by atoms with E-state index in [1.807, 2.05) is 42.6 Å². The molecular formula is C22H22N2O2. The van der Waals surface area contributed by atoms with Crippen LogP contribution in [0, 0.1) is 5.92 Å². The first kappa shape index (κ1) is 16.7. The minimum atomic E-state index is -0.693. The van der Waals surface area contributed by atoms with E-state index in [2.05, 4.69) is 34.1 Å². The third-order valence-electron chi connectivity index (χ3n) is 5.26. The second-order valence-electron chi connectivity index (χ2n) is 6.90. The van der Waals surface area contributed by atoms with Crippen molar-refractivity contribution in [2.75, 3.05) is 13.1 Å². The fourth-order valence-corrected chi connectivity index (χ4v) is 4.02. The smallest absolute Gasteiger partial charge is 0.307 e. The maximum atomic E-state index is 11.6. The monoisotopic (exact) mass is 346 g/mol. The number of pyridine rings is 1. The molecule has 0 saturated carbocycles. The average molecular weight is 346 g/mol. The summed E-state index contributed by atoms with van der Waals surface area (Å²) < 4.78 is 0. The molecule has 1 aliphatic heterocycles. The zero-order chi connectivity index (χ0) is 17.9. The number of para-hydroxylation sites is 1. The molecule has 2 atom stereocenters. The Hall–Kier alpha value is -2.72. The van der Waals surface area contributed by atoms with Crippen molar-refractivity contribution in [3.05, 3.63) is 78.0 Å². The van der Waals surface area contributed by atoms with Gasteiger partial charge in [0.2, 0.25) is 0 Å². The molecule has 1 aromatic heterocycles. The van der Waals surface area contributed by atoms with Crippen LogP contribution in [0.1, 0.15) is 30.0 Å². The number of rotatable bonds is 4. The maximum Gasteiger partial charge on any atom is 0.307 e. The van der Waals surface area contributed by atoms with Crippen LogP contribution in [0.3, 0.4) is 0 Å². The number of carbonyl (C=O) groups is 1. The highest BCUT2D eigenvalue weighted by Crippen LogP contribution is 2.35. The highest BCUT2D eigenvalue weighted by atomic mass is 16.4. The first-order valence-electron chi connectivity index (χ1n) is 9.09. The number of likely N-dealkylation sites (tertiary alicyclic amines) is 1. The van der Waals surface area contributed by atoms with Crippen LogP contribution in [-0.2, 0) is 4.79 Å². The van der Waals surface area contributed by atoms with Crippen LogP contribution in [0.4, 0.5) is 0 Å². The van der Waals surface area contributed by atoms with E-state index in [1.165, 1.54) is 11.1 Å². The van der Waals surface area contributed by atoms with E-state index in [4.69, 9.17) is 0 Å². The number of piperidine rings is 1. The van der Waals surface area contributed by atoms with Crippen molar-refractivity contribution in [2.45, 2.75) is 18.9 Å². The van der Waals surface area contributed by atoms with Crippen molar-refractivity contribution in [3.8, 4) is 0 Å². The quantitative estimate of drug-likeness (QED) is 0.772. The minimum Gasteiger partial charge on any atom is -0.481 e. The van der Waals surface area contributed by atoms with E-state index >= 15 is 0 Å². The van der Waals surface area contributed by atoms with Crippen LogP contribution in [0.15, 0.2) is 66.9 Å². The Labute approximate surface area is 153 Å². The van der Waals surface area contributed by atoms with Gasteiger partial charge in [-0.1, -0.05) is 48.5 Å². The van der Waals surface area contributed by atoms with Crippen LogP contribution in [0.5, 0.6) is 0 Å². The van der Waals surface area contributed by atoms with Gasteiger partial charge in [-0.25, -0.2) is 0 Å². The van der Waals surface area contributed by atoms with E-state index in [-0.39, 0.29) is 12.0 Å². The Balaban J connectivity index is 1.82. The van der Waals surface area contributed by atoms with E-state index in [9.17, 15) is 9.90 Å². The molecule has 0 spiro atoms. The van der Waals surface area contributed by atoms with Gasteiger partial charge in [-0.15, -0.1) is 0 Å². The van der Waals surface area contributed by atoms with Gasteiger partial charge in [-0.05, 0) is 42.6 Å². The van der Waals surface area contributed by atoms with Gasteiger partial charge in [0.05, 0.1) is 17.5 Å². The normalized spacial score (nSPS) is 19.3. The Morgan fingerprint density at radius 2 is 1.85 bits per heavy atom. The first-order valence-corrected chi connectivity index (χ1v) is 9.09. The number of hydrogen-bond donors (Lipinski definition) is 1. The molecule has 1 fully saturated rings. The van der Waals surface area contributed by atoms with Crippen molar-refractivity contribution in [1.82, 2.24) is 9.88 Å². The number of hydrogen-bond acceptors (Lipinski definition) is 3. The molecule has 0 bridgehead atoms. The zero-order valence-corrected chi connectivity index (χ0v) is 14.6. The molecule has 2 heterocycles. The number of carboxylic acids is 1. The summed E-state index contributed by atoms with van der Waals surface area (Å²) >= 11 is 0. The topological polar surface area (TPSA) is 53.4 Å². The molecule has 3 aromatic rings. The molecule has 132 valence electrons. The highest BCUT2D eigenvalue weighted by molar-refractivity contribution is 5.82. The summed E-state index contributed by atoms with van der Waals surface area (Å²) in [5, 5.41) is 10.6. The Bertz CT molecular complexity index is 905. The molecule has 0 aliphatic carbocycles. The predicted octanol–water partition coefficient (Wildman–Crippen LogP) is 4.12. The lowest BCUT2D eigenvalue weighted by Gasteiger charge is -2.38. The summed E-state index contributed by atoms with van der Waals surface area (Å²) in [6, 6.07) is 20.6. The lowest BCUT2D eigenvalue weighted by Crippen LogP contribution is -2.41. The van der Waals surface area contributed by atoms with E-state index in [0.717, 1.165) is 30.3 Å². The molecule has 2 unspecified atom stereocenters. The molecule has 2 aromatic carbocycles. The van der Waals surface area contributed by atoms with Gasteiger partial charge >= 0.3 is 5.97 Å². The van der Waals surface area contributed by atoms with Gasteiger partial charge in [0.15, 0.2) is 0 Å². The summed E-state index contributed by atoms with van der Waals surface area (Å²) in [6.45, 7) is 1.48. The van der Waals surface area contributed by atoms with Gasteiger partial charge in [-0.2, -0.15) is 0 Å². The minimum absolute atomic E-state index is 0.0336.